The maximum Gasteiger partial charge on any atom is 0.267 e. The SMILES string of the molecule is CCCNc1nc2ccc(C)cn2c(=O)c1/C=C1\SC(=S)N([C@@H](C)CC)C1=O. The van der Waals surface area contributed by atoms with Crippen molar-refractivity contribution in [3.8, 4) is 0 Å². The molecule has 1 saturated heterocycles. The van der Waals surface area contributed by atoms with Crippen LogP contribution in [0, 0.1) is 6.92 Å². The van der Waals surface area contributed by atoms with Crippen molar-refractivity contribution in [2.75, 3.05) is 11.9 Å². The van der Waals surface area contributed by atoms with E-state index in [4.69, 9.17) is 12.2 Å². The number of anilines is 1. The van der Waals surface area contributed by atoms with Gasteiger partial charge in [-0.15, -0.1) is 0 Å². The van der Waals surface area contributed by atoms with Crippen LogP contribution in [0.5, 0.6) is 0 Å². The van der Waals surface area contributed by atoms with Gasteiger partial charge in [-0.05, 0) is 44.4 Å². The zero-order valence-corrected chi connectivity index (χ0v) is 18.1. The summed E-state index contributed by atoms with van der Waals surface area (Å²) >= 11 is 6.63. The quantitative estimate of drug-likeness (QED) is 0.570. The largest absolute Gasteiger partial charge is 0.369 e. The van der Waals surface area contributed by atoms with Gasteiger partial charge in [0.05, 0.1) is 10.5 Å². The Labute approximate surface area is 174 Å². The average molecular weight is 417 g/mol. The van der Waals surface area contributed by atoms with Gasteiger partial charge in [-0.2, -0.15) is 0 Å². The number of aromatic nitrogens is 2. The Morgan fingerprint density at radius 3 is 2.75 bits per heavy atom. The third-order valence-corrected chi connectivity index (χ3v) is 6.01. The maximum absolute atomic E-state index is 13.2. The fraction of sp³-hybridized carbons (Fsp3) is 0.400. The molecule has 0 spiro atoms. The number of carbonyl (C=O) groups excluding carboxylic acids is 1. The first-order chi connectivity index (χ1) is 13.4. The van der Waals surface area contributed by atoms with Crippen molar-refractivity contribution < 1.29 is 4.79 Å². The number of thioether (sulfide) groups is 1. The molecule has 0 radical (unpaired) electrons. The number of carbonyl (C=O) groups is 1. The van der Waals surface area contributed by atoms with Crippen LogP contribution in [0.25, 0.3) is 11.7 Å². The van der Waals surface area contributed by atoms with Crippen LogP contribution in [0.2, 0.25) is 0 Å². The van der Waals surface area contributed by atoms with Gasteiger partial charge in [-0.25, -0.2) is 4.98 Å². The number of rotatable bonds is 6. The minimum absolute atomic E-state index is 0.0227. The number of thiocarbonyl (C=S) groups is 1. The zero-order valence-electron chi connectivity index (χ0n) is 16.5. The molecule has 0 unspecified atom stereocenters. The molecule has 1 amide bonds. The summed E-state index contributed by atoms with van der Waals surface area (Å²) < 4.78 is 2.05. The summed E-state index contributed by atoms with van der Waals surface area (Å²) in [5.74, 6) is 0.337. The van der Waals surface area contributed by atoms with Crippen molar-refractivity contribution in [3.05, 3.63) is 44.7 Å². The molecule has 3 rings (SSSR count). The molecule has 2 aromatic rings. The zero-order chi connectivity index (χ0) is 20.4. The van der Waals surface area contributed by atoms with Crippen molar-refractivity contribution in [1.29, 1.82) is 0 Å². The minimum Gasteiger partial charge on any atom is -0.369 e. The predicted octanol–water partition coefficient (Wildman–Crippen LogP) is 3.82. The van der Waals surface area contributed by atoms with E-state index in [1.54, 1.807) is 17.2 Å². The van der Waals surface area contributed by atoms with Gasteiger partial charge in [-0.3, -0.25) is 18.9 Å². The fourth-order valence-corrected chi connectivity index (χ4v) is 4.38. The first-order valence-electron chi connectivity index (χ1n) is 9.41. The second-order valence-corrected chi connectivity index (χ2v) is 8.53. The number of aryl methyl sites for hydroxylation is 1. The Balaban J connectivity index is 2.14. The lowest BCUT2D eigenvalue weighted by atomic mass is 10.2. The van der Waals surface area contributed by atoms with Crippen molar-refractivity contribution in [2.24, 2.45) is 0 Å². The molecular weight excluding hydrogens is 392 g/mol. The van der Waals surface area contributed by atoms with Gasteiger partial charge in [0.2, 0.25) is 0 Å². The molecule has 8 heteroatoms. The number of pyridine rings is 1. The van der Waals surface area contributed by atoms with Crippen LogP contribution in [0.4, 0.5) is 5.82 Å². The molecule has 0 bridgehead atoms. The van der Waals surface area contributed by atoms with Crippen LogP contribution in [0.3, 0.4) is 0 Å². The van der Waals surface area contributed by atoms with Crippen LogP contribution in [-0.4, -0.2) is 37.1 Å². The van der Waals surface area contributed by atoms with E-state index in [0.717, 1.165) is 18.4 Å². The van der Waals surface area contributed by atoms with Crippen molar-refractivity contribution in [2.45, 2.75) is 46.6 Å². The number of fused-ring (bicyclic) bond motifs is 1. The summed E-state index contributed by atoms with van der Waals surface area (Å²) in [4.78, 5) is 32.8. The normalized spacial score (nSPS) is 17.0. The van der Waals surface area contributed by atoms with Gasteiger partial charge in [0.25, 0.3) is 11.5 Å². The molecule has 0 saturated carbocycles. The number of amides is 1. The Morgan fingerprint density at radius 2 is 2.07 bits per heavy atom. The van der Waals surface area contributed by atoms with Crippen LogP contribution < -0.4 is 10.9 Å². The number of nitrogens with one attached hydrogen (secondary N) is 1. The molecule has 2 aromatic heterocycles. The molecule has 3 heterocycles. The van der Waals surface area contributed by atoms with E-state index < -0.39 is 0 Å². The second-order valence-electron chi connectivity index (χ2n) is 6.85. The molecule has 1 aliphatic rings. The summed E-state index contributed by atoms with van der Waals surface area (Å²) in [6, 6.07) is 3.76. The Kier molecular flexibility index (Phi) is 6.20. The number of nitrogens with zero attached hydrogens (tertiary/aromatic N) is 3. The highest BCUT2D eigenvalue weighted by atomic mass is 32.2. The van der Waals surface area contributed by atoms with Crippen LogP contribution in [0.1, 0.15) is 44.7 Å². The van der Waals surface area contributed by atoms with Gasteiger partial charge >= 0.3 is 0 Å². The van der Waals surface area contributed by atoms with E-state index in [2.05, 4.69) is 10.3 Å². The van der Waals surface area contributed by atoms with Crippen molar-refractivity contribution in [1.82, 2.24) is 14.3 Å². The van der Waals surface area contributed by atoms with Crippen molar-refractivity contribution >= 4 is 51.7 Å². The Morgan fingerprint density at radius 1 is 1.32 bits per heavy atom. The number of hydrogen-bond acceptors (Lipinski definition) is 6. The smallest absolute Gasteiger partial charge is 0.267 e. The third-order valence-electron chi connectivity index (χ3n) is 4.68. The average Bonchev–Trinajstić information content (AvgIpc) is 2.95. The first kappa shape index (κ1) is 20.5. The molecule has 0 aliphatic carbocycles. The highest BCUT2D eigenvalue weighted by Crippen LogP contribution is 2.34. The van der Waals surface area contributed by atoms with Gasteiger partial charge in [0.15, 0.2) is 0 Å². The molecule has 1 atom stereocenters. The van der Waals surface area contributed by atoms with Crippen molar-refractivity contribution in [3.63, 3.8) is 0 Å². The topological polar surface area (TPSA) is 66.7 Å². The monoisotopic (exact) mass is 416 g/mol. The fourth-order valence-electron chi connectivity index (χ4n) is 2.94. The van der Waals surface area contributed by atoms with E-state index in [1.165, 1.54) is 16.2 Å². The van der Waals surface area contributed by atoms with Crippen LogP contribution in [-0.2, 0) is 4.79 Å². The molecule has 0 aromatic carbocycles. The van der Waals surface area contributed by atoms with E-state index in [-0.39, 0.29) is 17.5 Å². The van der Waals surface area contributed by atoms with Gasteiger partial charge in [0, 0.05) is 18.8 Å². The molecule has 1 fully saturated rings. The Bertz CT molecular complexity index is 1030. The lowest BCUT2D eigenvalue weighted by Crippen LogP contribution is -2.36. The molecular formula is C20H24N4O2S2. The highest BCUT2D eigenvalue weighted by molar-refractivity contribution is 8.26. The predicted molar refractivity (Wildman–Crippen MR) is 120 cm³/mol. The van der Waals surface area contributed by atoms with E-state index in [0.29, 0.717) is 32.8 Å². The van der Waals surface area contributed by atoms with E-state index in [9.17, 15) is 9.59 Å². The summed E-state index contributed by atoms with van der Waals surface area (Å²) in [6.45, 7) is 8.63. The molecule has 28 heavy (non-hydrogen) atoms. The van der Waals surface area contributed by atoms with Crippen LogP contribution >= 0.6 is 24.0 Å². The lowest BCUT2D eigenvalue weighted by molar-refractivity contribution is -0.123. The van der Waals surface area contributed by atoms with Gasteiger partial charge in [0.1, 0.15) is 15.8 Å². The van der Waals surface area contributed by atoms with Gasteiger partial charge < -0.3 is 5.32 Å². The van der Waals surface area contributed by atoms with E-state index in [1.807, 2.05) is 39.8 Å². The van der Waals surface area contributed by atoms with Crippen LogP contribution in [0.15, 0.2) is 28.0 Å². The number of hydrogen-bond donors (Lipinski definition) is 1. The summed E-state index contributed by atoms with van der Waals surface area (Å²) in [5.41, 5.74) is 1.69. The second kappa shape index (κ2) is 8.45. The lowest BCUT2D eigenvalue weighted by Gasteiger charge is -2.21. The molecule has 148 valence electrons. The molecule has 1 aliphatic heterocycles. The molecule has 6 nitrogen and oxygen atoms in total. The standard InChI is InChI=1S/C20H24N4O2S2/c1-5-9-21-17-14(18(25)23-11-12(3)7-8-16(23)22-17)10-15-19(26)24(13(4)6-2)20(27)28-15/h7-8,10-11,13,21H,5-6,9H2,1-4H3/b15-10-/t13-/m0/s1. The maximum atomic E-state index is 13.2. The summed E-state index contributed by atoms with van der Waals surface area (Å²) in [5, 5.41) is 3.22. The summed E-state index contributed by atoms with van der Waals surface area (Å²) in [7, 11) is 0. The first-order valence-corrected chi connectivity index (χ1v) is 10.6. The van der Waals surface area contributed by atoms with Gasteiger partial charge in [-0.1, -0.05) is 43.9 Å². The Hall–Kier alpha value is -2.19. The summed E-state index contributed by atoms with van der Waals surface area (Å²) in [6.07, 6.45) is 5.09. The van der Waals surface area contributed by atoms with E-state index >= 15 is 0 Å². The minimum atomic E-state index is -0.207. The third kappa shape index (κ3) is 3.84. The molecule has 1 N–H and O–H groups in total. The highest BCUT2D eigenvalue weighted by Gasteiger charge is 2.35.